The Hall–Kier alpha value is -3.20. The van der Waals surface area contributed by atoms with Gasteiger partial charge in [0.05, 0.1) is 5.92 Å². The van der Waals surface area contributed by atoms with E-state index in [1.165, 1.54) is 0 Å². The summed E-state index contributed by atoms with van der Waals surface area (Å²) in [6.07, 6.45) is -2.19. The van der Waals surface area contributed by atoms with E-state index in [0.29, 0.717) is 17.1 Å². The number of hydrogen-bond acceptors (Lipinski definition) is 4. The molecule has 1 unspecified atom stereocenters. The largest absolute Gasteiger partial charge is 0.457 e. The number of carbonyl (C=O) groups is 1. The summed E-state index contributed by atoms with van der Waals surface area (Å²) in [6.45, 7) is 3.44. The van der Waals surface area contributed by atoms with Crippen molar-refractivity contribution in [1.82, 2.24) is 0 Å². The lowest BCUT2D eigenvalue weighted by Crippen LogP contribution is -2.14. The first-order valence-corrected chi connectivity index (χ1v) is 8.78. The van der Waals surface area contributed by atoms with Crippen LogP contribution in [0.2, 0.25) is 0 Å². The molecule has 1 aliphatic carbocycles. The standard InChI is InChI=1S/C22H19F2NO3/c1-22(2)17(12-19(23)24)20(22)21(26)28-18(13-25)14-7-6-10-16(11-14)27-15-8-4-3-5-9-15/h3-12,17-18,20H,1-2H3/t17-,18?,20+/m0/s1. The first-order chi connectivity index (χ1) is 13.3. The van der Waals surface area contributed by atoms with Crippen LogP contribution in [0.15, 0.2) is 66.8 Å². The van der Waals surface area contributed by atoms with Crippen LogP contribution in [0, 0.1) is 28.6 Å². The third-order valence-electron chi connectivity index (χ3n) is 4.96. The molecule has 0 spiro atoms. The van der Waals surface area contributed by atoms with E-state index in [1.54, 1.807) is 50.2 Å². The zero-order chi connectivity index (χ0) is 20.3. The van der Waals surface area contributed by atoms with E-state index in [-0.39, 0.29) is 0 Å². The molecule has 2 aromatic carbocycles. The van der Waals surface area contributed by atoms with Gasteiger partial charge in [0.1, 0.15) is 17.6 Å². The molecule has 0 bridgehead atoms. The molecule has 0 aliphatic heterocycles. The average Bonchev–Trinajstić information content (AvgIpc) is 3.20. The van der Waals surface area contributed by atoms with Crippen LogP contribution in [0.1, 0.15) is 25.5 Å². The molecule has 1 saturated carbocycles. The van der Waals surface area contributed by atoms with Gasteiger partial charge in [-0.15, -0.1) is 0 Å². The smallest absolute Gasteiger partial charge is 0.311 e. The maximum absolute atomic E-state index is 12.6. The lowest BCUT2D eigenvalue weighted by atomic mass is 10.1. The van der Waals surface area contributed by atoms with Crippen LogP contribution in [0.5, 0.6) is 11.5 Å². The van der Waals surface area contributed by atoms with Crippen LogP contribution in [0.4, 0.5) is 8.78 Å². The van der Waals surface area contributed by atoms with E-state index < -0.39 is 35.4 Å². The molecule has 0 amide bonds. The number of halogens is 2. The Morgan fingerprint density at radius 2 is 1.82 bits per heavy atom. The second-order valence-corrected chi connectivity index (χ2v) is 7.21. The van der Waals surface area contributed by atoms with Crippen LogP contribution >= 0.6 is 0 Å². The van der Waals surface area contributed by atoms with Crippen LogP contribution in [-0.2, 0) is 9.53 Å². The lowest BCUT2D eigenvalue weighted by molar-refractivity contribution is -0.149. The Labute approximate surface area is 162 Å². The van der Waals surface area contributed by atoms with E-state index in [4.69, 9.17) is 9.47 Å². The fourth-order valence-electron chi connectivity index (χ4n) is 3.30. The summed E-state index contributed by atoms with van der Waals surface area (Å²) in [6, 6.07) is 17.7. The zero-order valence-corrected chi connectivity index (χ0v) is 15.4. The van der Waals surface area contributed by atoms with Gasteiger partial charge < -0.3 is 9.47 Å². The van der Waals surface area contributed by atoms with Gasteiger partial charge in [-0.25, -0.2) is 0 Å². The van der Waals surface area contributed by atoms with Crippen molar-refractivity contribution in [1.29, 1.82) is 5.26 Å². The van der Waals surface area contributed by atoms with Gasteiger partial charge in [-0.3, -0.25) is 4.79 Å². The predicted molar refractivity (Wildman–Crippen MR) is 98.5 cm³/mol. The summed E-state index contributed by atoms with van der Waals surface area (Å²) in [5.41, 5.74) is -0.176. The number of nitriles is 1. The highest BCUT2D eigenvalue weighted by atomic mass is 19.3. The predicted octanol–water partition coefficient (Wildman–Crippen LogP) is 5.64. The van der Waals surface area contributed by atoms with Crippen molar-refractivity contribution in [3.05, 3.63) is 72.3 Å². The Bertz CT molecular complexity index is 930. The number of allylic oxidation sites excluding steroid dienone is 1. The minimum Gasteiger partial charge on any atom is -0.457 e. The van der Waals surface area contributed by atoms with Crippen molar-refractivity contribution in [2.45, 2.75) is 20.0 Å². The Morgan fingerprint density at radius 3 is 2.46 bits per heavy atom. The van der Waals surface area contributed by atoms with Gasteiger partial charge in [-0.1, -0.05) is 44.2 Å². The highest BCUT2D eigenvalue weighted by molar-refractivity contribution is 5.78. The number of para-hydroxylation sites is 1. The molecule has 3 atom stereocenters. The molecule has 0 heterocycles. The average molecular weight is 383 g/mol. The molecule has 1 fully saturated rings. The quantitative estimate of drug-likeness (QED) is 0.606. The van der Waals surface area contributed by atoms with E-state index >= 15 is 0 Å². The van der Waals surface area contributed by atoms with Crippen molar-refractivity contribution < 1.29 is 23.0 Å². The molecule has 6 heteroatoms. The first-order valence-electron chi connectivity index (χ1n) is 8.78. The van der Waals surface area contributed by atoms with E-state index in [9.17, 15) is 18.8 Å². The number of esters is 1. The number of nitrogens with zero attached hydrogens (tertiary/aromatic N) is 1. The Balaban J connectivity index is 1.72. The third kappa shape index (κ3) is 4.20. The van der Waals surface area contributed by atoms with Gasteiger partial charge in [0.15, 0.2) is 0 Å². The molecule has 144 valence electrons. The van der Waals surface area contributed by atoms with Gasteiger partial charge in [0.25, 0.3) is 6.08 Å². The van der Waals surface area contributed by atoms with E-state index in [2.05, 4.69) is 0 Å². The minimum atomic E-state index is -1.82. The molecule has 0 saturated heterocycles. The number of carbonyl (C=O) groups excluding carboxylic acids is 1. The fraction of sp³-hybridized carbons (Fsp3) is 0.273. The van der Waals surface area contributed by atoms with E-state index in [0.717, 1.165) is 6.08 Å². The monoisotopic (exact) mass is 383 g/mol. The molecule has 0 aromatic heterocycles. The van der Waals surface area contributed by atoms with Gasteiger partial charge in [-0.05, 0) is 35.8 Å². The fourth-order valence-corrected chi connectivity index (χ4v) is 3.30. The molecular weight excluding hydrogens is 364 g/mol. The first kappa shape index (κ1) is 19.6. The summed E-state index contributed by atoms with van der Waals surface area (Å²) in [7, 11) is 0. The second-order valence-electron chi connectivity index (χ2n) is 7.21. The van der Waals surface area contributed by atoms with Crippen molar-refractivity contribution in [2.24, 2.45) is 17.3 Å². The summed E-state index contributed by atoms with van der Waals surface area (Å²) < 4.78 is 36.2. The topological polar surface area (TPSA) is 59.3 Å². The molecule has 0 N–H and O–H groups in total. The van der Waals surface area contributed by atoms with Crippen molar-refractivity contribution in [3.63, 3.8) is 0 Å². The minimum absolute atomic E-state index is 0.450. The van der Waals surface area contributed by atoms with Gasteiger partial charge >= 0.3 is 5.97 Å². The van der Waals surface area contributed by atoms with Crippen molar-refractivity contribution in [2.75, 3.05) is 0 Å². The summed E-state index contributed by atoms with van der Waals surface area (Å²) >= 11 is 0. The highest BCUT2D eigenvalue weighted by Gasteiger charge is 2.62. The molecule has 3 rings (SSSR count). The van der Waals surface area contributed by atoms with Gasteiger partial charge in [0.2, 0.25) is 6.10 Å². The molecule has 28 heavy (non-hydrogen) atoms. The molecule has 0 radical (unpaired) electrons. The summed E-state index contributed by atoms with van der Waals surface area (Å²) in [5.74, 6) is -0.834. The lowest BCUT2D eigenvalue weighted by Gasteiger charge is -2.13. The number of benzene rings is 2. The van der Waals surface area contributed by atoms with Crippen LogP contribution in [-0.4, -0.2) is 5.97 Å². The SMILES string of the molecule is CC1(C)[C@@H](C=C(F)F)[C@@H]1C(=O)OC(C#N)c1cccc(Oc2ccccc2)c1. The highest BCUT2D eigenvalue weighted by Crippen LogP contribution is 2.60. The second kappa shape index (κ2) is 7.81. The Kier molecular flexibility index (Phi) is 5.46. The molecule has 1 aliphatic rings. The third-order valence-corrected chi connectivity index (χ3v) is 4.96. The van der Waals surface area contributed by atoms with Crippen LogP contribution < -0.4 is 4.74 Å². The summed E-state index contributed by atoms with van der Waals surface area (Å²) in [4.78, 5) is 12.5. The maximum Gasteiger partial charge on any atom is 0.311 e. The number of rotatable bonds is 6. The zero-order valence-electron chi connectivity index (χ0n) is 15.4. The van der Waals surface area contributed by atoms with Gasteiger partial charge in [-0.2, -0.15) is 14.0 Å². The molecule has 2 aromatic rings. The summed E-state index contributed by atoms with van der Waals surface area (Å²) in [5, 5.41) is 9.45. The van der Waals surface area contributed by atoms with Gasteiger partial charge in [0, 0.05) is 11.5 Å². The normalized spacial score (nSPS) is 20.4. The van der Waals surface area contributed by atoms with Crippen molar-refractivity contribution in [3.8, 4) is 17.6 Å². The molecule has 4 nitrogen and oxygen atoms in total. The number of ether oxygens (including phenoxy) is 2. The maximum atomic E-state index is 12.6. The van der Waals surface area contributed by atoms with E-state index in [1.807, 2.05) is 24.3 Å². The van der Waals surface area contributed by atoms with Crippen LogP contribution in [0.3, 0.4) is 0 Å². The number of hydrogen-bond donors (Lipinski definition) is 0. The Morgan fingerprint density at radius 1 is 1.14 bits per heavy atom. The van der Waals surface area contributed by atoms with Crippen LogP contribution in [0.25, 0.3) is 0 Å². The molecular formula is C22H19F2NO3. The van der Waals surface area contributed by atoms with Crippen molar-refractivity contribution >= 4 is 5.97 Å².